The first kappa shape index (κ1) is 8.97. The molecule has 1 atom stereocenters. The topological polar surface area (TPSA) is 18.5 Å². The molecule has 0 bridgehead atoms. The minimum Gasteiger partial charge on any atom is -0.305 e. The van der Waals surface area contributed by atoms with E-state index in [0.717, 1.165) is 0 Å². The molecule has 66 valence electrons. The molecule has 1 aliphatic rings. The van der Waals surface area contributed by atoms with E-state index in [0.29, 0.717) is 6.17 Å². The first-order valence-electron chi connectivity index (χ1n) is 4.34. The molecular formula is C8H19N3. The van der Waals surface area contributed by atoms with Gasteiger partial charge in [0.1, 0.15) is 0 Å². The van der Waals surface area contributed by atoms with E-state index in [9.17, 15) is 0 Å². The molecule has 0 amide bonds. The first-order valence-corrected chi connectivity index (χ1v) is 4.34. The second kappa shape index (κ2) is 4.04. The van der Waals surface area contributed by atoms with Crippen molar-refractivity contribution in [2.75, 3.05) is 40.3 Å². The summed E-state index contributed by atoms with van der Waals surface area (Å²) in [6.45, 7) is 7.00. The Morgan fingerprint density at radius 2 is 1.73 bits per heavy atom. The smallest absolute Gasteiger partial charge is 0.0566 e. The summed E-state index contributed by atoms with van der Waals surface area (Å²) in [6.07, 6.45) is 0.531. The highest BCUT2D eigenvalue weighted by Gasteiger charge is 2.16. The van der Waals surface area contributed by atoms with E-state index < -0.39 is 0 Å². The molecule has 1 fully saturated rings. The zero-order valence-corrected chi connectivity index (χ0v) is 7.80. The van der Waals surface area contributed by atoms with Gasteiger partial charge in [-0.15, -0.1) is 0 Å². The minimum atomic E-state index is 0.531. The first-order chi connectivity index (χ1) is 5.24. The molecule has 1 rings (SSSR count). The number of nitrogens with zero attached hydrogens (tertiary/aromatic N) is 2. The van der Waals surface area contributed by atoms with E-state index in [4.69, 9.17) is 0 Å². The molecule has 1 aliphatic heterocycles. The molecule has 0 aromatic carbocycles. The Bertz CT molecular complexity index is 108. The van der Waals surface area contributed by atoms with Crippen LogP contribution in [0.4, 0.5) is 0 Å². The number of likely N-dealkylation sites (N-methyl/N-ethyl adjacent to an activating group) is 1. The van der Waals surface area contributed by atoms with Crippen LogP contribution < -0.4 is 5.32 Å². The summed E-state index contributed by atoms with van der Waals surface area (Å²) >= 11 is 0. The number of hydrogen-bond donors (Lipinski definition) is 1. The highest BCUT2D eigenvalue weighted by atomic mass is 15.3. The van der Waals surface area contributed by atoms with Crippen LogP contribution >= 0.6 is 0 Å². The maximum atomic E-state index is 3.26. The third kappa shape index (κ3) is 2.43. The highest BCUT2D eigenvalue weighted by Crippen LogP contribution is 2.01. The molecule has 1 unspecified atom stereocenters. The third-order valence-electron chi connectivity index (χ3n) is 2.50. The van der Waals surface area contributed by atoms with Gasteiger partial charge in [0, 0.05) is 26.2 Å². The minimum absolute atomic E-state index is 0.531. The lowest BCUT2D eigenvalue weighted by atomic mass is 10.3. The summed E-state index contributed by atoms with van der Waals surface area (Å²) in [5, 5.41) is 3.26. The van der Waals surface area contributed by atoms with Gasteiger partial charge in [-0.1, -0.05) is 0 Å². The van der Waals surface area contributed by atoms with E-state index in [1.165, 1.54) is 26.2 Å². The predicted octanol–water partition coefficient (Wildman–Crippen LogP) is -0.201. The zero-order valence-electron chi connectivity index (χ0n) is 7.80. The second-order valence-electron chi connectivity index (χ2n) is 3.30. The fraction of sp³-hybridized carbons (Fsp3) is 1.00. The van der Waals surface area contributed by atoms with Gasteiger partial charge in [0.05, 0.1) is 6.17 Å². The largest absolute Gasteiger partial charge is 0.305 e. The molecule has 1 N–H and O–H groups in total. The van der Waals surface area contributed by atoms with Gasteiger partial charge in [-0.05, 0) is 21.0 Å². The van der Waals surface area contributed by atoms with Crippen molar-refractivity contribution in [1.29, 1.82) is 0 Å². The Kier molecular flexibility index (Phi) is 3.30. The standard InChI is InChI=1S/C8H19N3/c1-8(9-2)11-6-4-10(3)5-7-11/h8-9H,4-7H2,1-3H3. The molecule has 0 aromatic rings. The maximum Gasteiger partial charge on any atom is 0.0566 e. The summed E-state index contributed by atoms with van der Waals surface area (Å²) in [6, 6.07) is 0. The summed E-state index contributed by atoms with van der Waals surface area (Å²) in [4.78, 5) is 4.85. The molecule has 1 saturated heterocycles. The van der Waals surface area contributed by atoms with Crippen molar-refractivity contribution in [3.63, 3.8) is 0 Å². The predicted molar refractivity (Wildman–Crippen MR) is 47.6 cm³/mol. The van der Waals surface area contributed by atoms with Crippen LogP contribution in [0.5, 0.6) is 0 Å². The van der Waals surface area contributed by atoms with Gasteiger partial charge in [-0.2, -0.15) is 0 Å². The Labute approximate surface area is 69.4 Å². The van der Waals surface area contributed by atoms with E-state index in [-0.39, 0.29) is 0 Å². The van der Waals surface area contributed by atoms with Crippen LogP contribution in [0.2, 0.25) is 0 Å². The van der Waals surface area contributed by atoms with Crippen molar-refractivity contribution in [3.05, 3.63) is 0 Å². The molecule has 0 radical (unpaired) electrons. The average molecular weight is 157 g/mol. The van der Waals surface area contributed by atoms with Crippen LogP contribution in [0.3, 0.4) is 0 Å². The van der Waals surface area contributed by atoms with Gasteiger partial charge in [0.2, 0.25) is 0 Å². The lowest BCUT2D eigenvalue weighted by Gasteiger charge is -2.36. The van der Waals surface area contributed by atoms with E-state index in [2.05, 4.69) is 29.1 Å². The fourth-order valence-corrected chi connectivity index (χ4v) is 1.39. The quantitative estimate of drug-likeness (QED) is 0.599. The molecule has 11 heavy (non-hydrogen) atoms. The normalized spacial score (nSPS) is 25.4. The molecule has 0 aliphatic carbocycles. The van der Waals surface area contributed by atoms with Gasteiger partial charge in [-0.3, -0.25) is 4.90 Å². The molecule has 1 heterocycles. The molecular weight excluding hydrogens is 138 g/mol. The van der Waals surface area contributed by atoms with Gasteiger partial charge in [0.15, 0.2) is 0 Å². The Hall–Kier alpha value is -0.120. The van der Waals surface area contributed by atoms with Gasteiger partial charge in [-0.25, -0.2) is 0 Å². The molecule has 0 saturated carbocycles. The van der Waals surface area contributed by atoms with Gasteiger partial charge >= 0.3 is 0 Å². The van der Waals surface area contributed by atoms with Crippen molar-refractivity contribution in [2.24, 2.45) is 0 Å². The van der Waals surface area contributed by atoms with Crippen LogP contribution in [0.25, 0.3) is 0 Å². The van der Waals surface area contributed by atoms with Crippen molar-refractivity contribution in [1.82, 2.24) is 15.1 Å². The van der Waals surface area contributed by atoms with Crippen LogP contribution in [0.1, 0.15) is 6.92 Å². The van der Waals surface area contributed by atoms with Crippen LogP contribution in [0, 0.1) is 0 Å². The summed E-state index contributed by atoms with van der Waals surface area (Å²) in [5.74, 6) is 0. The molecule has 3 heteroatoms. The van der Waals surface area contributed by atoms with Gasteiger partial charge < -0.3 is 10.2 Å². The summed E-state index contributed by atoms with van der Waals surface area (Å²) in [7, 11) is 4.20. The van der Waals surface area contributed by atoms with E-state index in [1.54, 1.807) is 0 Å². The Morgan fingerprint density at radius 3 is 2.18 bits per heavy atom. The lowest BCUT2D eigenvalue weighted by molar-refractivity contribution is 0.107. The Morgan fingerprint density at radius 1 is 1.18 bits per heavy atom. The number of rotatable bonds is 2. The van der Waals surface area contributed by atoms with Gasteiger partial charge in [0.25, 0.3) is 0 Å². The van der Waals surface area contributed by atoms with Crippen molar-refractivity contribution in [2.45, 2.75) is 13.1 Å². The average Bonchev–Trinajstić information content (AvgIpc) is 2.05. The summed E-state index contributed by atoms with van der Waals surface area (Å²) < 4.78 is 0. The zero-order chi connectivity index (χ0) is 8.27. The van der Waals surface area contributed by atoms with Crippen molar-refractivity contribution < 1.29 is 0 Å². The maximum absolute atomic E-state index is 3.26. The van der Waals surface area contributed by atoms with E-state index >= 15 is 0 Å². The summed E-state index contributed by atoms with van der Waals surface area (Å²) in [5.41, 5.74) is 0. The van der Waals surface area contributed by atoms with Crippen LogP contribution in [-0.2, 0) is 0 Å². The van der Waals surface area contributed by atoms with Crippen molar-refractivity contribution >= 4 is 0 Å². The molecule has 0 aromatic heterocycles. The Balaban J connectivity index is 2.27. The van der Waals surface area contributed by atoms with Crippen LogP contribution in [-0.4, -0.2) is 56.2 Å². The van der Waals surface area contributed by atoms with Crippen LogP contribution in [0.15, 0.2) is 0 Å². The van der Waals surface area contributed by atoms with Crippen molar-refractivity contribution in [3.8, 4) is 0 Å². The lowest BCUT2D eigenvalue weighted by Crippen LogP contribution is -2.51. The number of piperazine rings is 1. The van der Waals surface area contributed by atoms with E-state index in [1.807, 2.05) is 7.05 Å². The molecule has 3 nitrogen and oxygen atoms in total. The highest BCUT2D eigenvalue weighted by molar-refractivity contribution is 4.72. The fourth-order valence-electron chi connectivity index (χ4n) is 1.39. The second-order valence-corrected chi connectivity index (χ2v) is 3.30. The molecule has 0 spiro atoms. The number of hydrogen-bond acceptors (Lipinski definition) is 3. The SMILES string of the molecule is CNC(C)N1CCN(C)CC1. The third-order valence-corrected chi connectivity index (χ3v) is 2.50. The monoisotopic (exact) mass is 157 g/mol. The number of nitrogens with one attached hydrogen (secondary N) is 1.